The lowest BCUT2D eigenvalue weighted by molar-refractivity contribution is -0.362. The minimum absolute atomic E-state index is 0.00161. The molecule has 39 heavy (non-hydrogen) atoms. The van der Waals surface area contributed by atoms with Crippen molar-refractivity contribution >= 4 is 5.78 Å². The minimum Gasteiger partial charge on any atom is -0.383 e. The van der Waals surface area contributed by atoms with E-state index in [2.05, 4.69) is 21.9 Å². The van der Waals surface area contributed by atoms with Crippen LogP contribution in [0.25, 0.3) is 10.4 Å². The number of carbonyl (C=O) groups is 1. The van der Waals surface area contributed by atoms with E-state index in [9.17, 15) is 23.1 Å². The predicted molar refractivity (Wildman–Crippen MR) is 134 cm³/mol. The molecular formula is C29H28F5N3O2. The molecule has 4 aliphatic carbocycles. The van der Waals surface area contributed by atoms with Crippen LogP contribution in [0.4, 0.5) is 22.0 Å². The molecule has 5 rings (SSSR count). The fourth-order valence-electron chi connectivity index (χ4n) is 7.72. The number of azide groups is 1. The Bertz CT molecular complexity index is 1360. The highest BCUT2D eigenvalue weighted by molar-refractivity contribution is 5.93. The third-order valence-corrected chi connectivity index (χ3v) is 9.52. The number of hydrogen-bond donors (Lipinski definition) is 1. The monoisotopic (exact) mass is 545 g/mol. The van der Waals surface area contributed by atoms with Crippen LogP contribution < -0.4 is 0 Å². The smallest absolute Gasteiger partial charge is 0.383 e. The lowest BCUT2D eigenvalue weighted by atomic mass is 9.50. The summed E-state index contributed by atoms with van der Waals surface area (Å²) >= 11 is 0. The van der Waals surface area contributed by atoms with Gasteiger partial charge in [-0.3, -0.25) is 4.79 Å². The molecule has 0 spiro atoms. The van der Waals surface area contributed by atoms with Crippen molar-refractivity contribution in [2.45, 2.75) is 75.5 Å². The largest absolute Gasteiger partial charge is 0.456 e. The maximum Gasteiger partial charge on any atom is 0.456 e. The van der Waals surface area contributed by atoms with Crippen molar-refractivity contribution < 1.29 is 31.9 Å². The predicted octanol–water partition coefficient (Wildman–Crippen LogP) is 7.18. The maximum atomic E-state index is 15.0. The van der Waals surface area contributed by atoms with E-state index in [0.717, 1.165) is 22.3 Å². The van der Waals surface area contributed by atoms with Crippen molar-refractivity contribution in [3.63, 3.8) is 0 Å². The summed E-state index contributed by atoms with van der Waals surface area (Å²) in [6, 6.07) is 7.06. The fraction of sp³-hybridized carbons (Fsp3) is 0.552. The second-order valence-electron chi connectivity index (χ2n) is 11.3. The number of hydrogen-bond acceptors (Lipinski definition) is 3. The quantitative estimate of drug-likeness (QED) is 0.143. The van der Waals surface area contributed by atoms with E-state index in [1.807, 2.05) is 0 Å². The fourth-order valence-corrected chi connectivity index (χ4v) is 7.72. The molecule has 5 nitrogen and oxygen atoms in total. The summed E-state index contributed by atoms with van der Waals surface area (Å²) in [4.78, 5) is 14.8. The Balaban J connectivity index is 1.63. The van der Waals surface area contributed by atoms with E-state index in [1.165, 1.54) is 6.92 Å². The average Bonchev–Trinajstić information content (AvgIpc) is 3.17. The molecule has 0 aliphatic heterocycles. The zero-order chi connectivity index (χ0) is 28.2. The van der Waals surface area contributed by atoms with Crippen LogP contribution in [-0.2, 0) is 4.79 Å². The zero-order valence-corrected chi connectivity index (χ0v) is 21.4. The number of nitrogens with zero attached hydrogens (tertiary/aromatic N) is 3. The Labute approximate surface area is 222 Å². The van der Waals surface area contributed by atoms with Gasteiger partial charge < -0.3 is 5.11 Å². The van der Waals surface area contributed by atoms with Gasteiger partial charge in [0.15, 0.2) is 5.78 Å². The van der Waals surface area contributed by atoms with Crippen LogP contribution in [-0.4, -0.2) is 35.1 Å². The normalized spacial score (nSPS) is 32.2. The van der Waals surface area contributed by atoms with Crippen molar-refractivity contribution in [1.82, 2.24) is 0 Å². The summed E-state index contributed by atoms with van der Waals surface area (Å²) in [5.74, 6) is -0.939. The van der Waals surface area contributed by atoms with E-state index >= 15 is 8.78 Å². The molecule has 206 valence electrons. The summed E-state index contributed by atoms with van der Waals surface area (Å²) in [7, 11) is 0. The summed E-state index contributed by atoms with van der Waals surface area (Å²) in [5, 5.41) is 14.7. The standard InChI is InChI=1S/C29H28F5N3O2/c1-26-16-23(18-6-4-17(5-7-18)3-2-14-36-37-35)25-21-11-9-20(38)15-19(21)8-10-22(25)24(26)12-13-27(26,39)28(30,31)29(32,33)34/h4-7,15,22-24,39H,8-14,16H2,1H3/t22-,23+,24-,26-,27-/m0/s1. The molecule has 0 radical (unpaired) electrons. The molecule has 0 unspecified atom stereocenters. The van der Waals surface area contributed by atoms with Gasteiger partial charge in [-0.1, -0.05) is 41.6 Å². The molecular weight excluding hydrogens is 517 g/mol. The molecule has 1 aromatic carbocycles. The molecule has 2 fully saturated rings. The highest BCUT2D eigenvalue weighted by Gasteiger charge is 2.79. The van der Waals surface area contributed by atoms with E-state index in [1.54, 1.807) is 30.3 Å². The van der Waals surface area contributed by atoms with Crippen LogP contribution in [0.2, 0.25) is 0 Å². The topological polar surface area (TPSA) is 86.1 Å². The maximum absolute atomic E-state index is 15.0. The molecule has 5 atom stereocenters. The van der Waals surface area contributed by atoms with Crippen molar-refractivity contribution in [2.24, 2.45) is 22.4 Å². The zero-order valence-electron chi connectivity index (χ0n) is 21.4. The first kappa shape index (κ1) is 27.4. The average molecular weight is 546 g/mol. The van der Waals surface area contributed by atoms with E-state index in [4.69, 9.17) is 5.53 Å². The lowest BCUT2D eigenvalue weighted by Crippen LogP contribution is -2.65. The molecule has 2 saturated carbocycles. The van der Waals surface area contributed by atoms with Crippen molar-refractivity contribution in [3.8, 4) is 11.8 Å². The summed E-state index contributed by atoms with van der Waals surface area (Å²) in [6.45, 7) is 1.41. The first-order valence-electron chi connectivity index (χ1n) is 13.1. The van der Waals surface area contributed by atoms with Crippen LogP contribution in [0, 0.1) is 29.1 Å². The first-order valence-corrected chi connectivity index (χ1v) is 13.1. The Morgan fingerprint density at radius 2 is 1.85 bits per heavy atom. The minimum atomic E-state index is -5.88. The van der Waals surface area contributed by atoms with Crippen LogP contribution in [0.5, 0.6) is 0 Å². The number of halogens is 5. The Hall–Kier alpha value is -3.15. The molecule has 10 heteroatoms. The van der Waals surface area contributed by atoms with Gasteiger partial charge in [0.1, 0.15) is 5.60 Å². The third-order valence-electron chi connectivity index (χ3n) is 9.52. The number of carbonyl (C=O) groups excluding carboxylic acids is 1. The van der Waals surface area contributed by atoms with Gasteiger partial charge in [-0.15, -0.1) is 0 Å². The van der Waals surface area contributed by atoms with Crippen LogP contribution in [0.15, 0.2) is 52.2 Å². The van der Waals surface area contributed by atoms with Crippen molar-refractivity contribution in [2.75, 3.05) is 6.54 Å². The van der Waals surface area contributed by atoms with Crippen molar-refractivity contribution in [1.29, 1.82) is 0 Å². The molecule has 0 bridgehead atoms. The molecule has 0 saturated heterocycles. The number of allylic oxidation sites excluding steroid dienone is 4. The molecule has 4 aliphatic rings. The molecule has 1 N–H and O–H groups in total. The Morgan fingerprint density at radius 3 is 2.51 bits per heavy atom. The van der Waals surface area contributed by atoms with Gasteiger partial charge in [0, 0.05) is 28.2 Å². The molecule has 0 aromatic heterocycles. The molecule has 1 aromatic rings. The second-order valence-corrected chi connectivity index (χ2v) is 11.3. The first-order chi connectivity index (χ1) is 18.3. The van der Waals surface area contributed by atoms with Crippen molar-refractivity contribution in [3.05, 3.63) is 68.6 Å². The van der Waals surface area contributed by atoms with Crippen LogP contribution in [0.1, 0.15) is 68.9 Å². The number of benzene rings is 1. The Kier molecular flexibility index (Phi) is 6.68. The SMILES string of the molecule is C[C@]12C[C@H](c3ccc(C#CCN=[N+]=[N-])cc3)C3=C4CCC(=O)C=C4CC[C@H]3[C@@H]1CC[C@@]2(O)C(F)(F)C(F)(F)F. The third kappa shape index (κ3) is 4.18. The number of ketones is 1. The molecule has 0 heterocycles. The highest BCUT2D eigenvalue weighted by atomic mass is 19.4. The summed E-state index contributed by atoms with van der Waals surface area (Å²) in [6.07, 6.45) is -2.92. The van der Waals surface area contributed by atoms with Gasteiger partial charge in [-0.25, -0.2) is 0 Å². The van der Waals surface area contributed by atoms with Gasteiger partial charge in [0.2, 0.25) is 0 Å². The number of fused-ring (bicyclic) bond motifs is 4. The van der Waals surface area contributed by atoms with E-state index in [-0.39, 0.29) is 31.1 Å². The number of alkyl halides is 5. The van der Waals surface area contributed by atoms with Gasteiger partial charge in [0.25, 0.3) is 0 Å². The molecule has 0 amide bonds. The van der Waals surface area contributed by atoms with E-state index < -0.39 is 41.4 Å². The van der Waals surface area contributed by atoms with E-state index in [0.29, 0.717) is 31.2 Å². The summed E-state index contributed by atoms with van der Waals surface area (Å²) in [5.41, 5.74) is 7.81. The highest BCUT2D eigenvalue weighted by Crippen LogP contribution is 2.70. The van der Waals surface area contributed by atoms with Crippen LogP contribution >= 0.6 is 0 Å². The van der Waals surface area contributed by atoms with Gasteiger partial charge in [0.05, 0.1) is 6.54 Å². The van der Waals surface area contributed by atoms with Gasteiger partial charge in [-0.05, 0) is 90.8 Å². The lowest BCUT2D eigenvalue weighted by Gasteiger charge is -2.56. The number of aliphatic hydroxyl groups is 1. The van der Waals surface area contributed by atoms with Gasteiger partial charge >= 0.3 is 12.1 Å². The second kappa shape index (κ2) is 9.50. The van der Waals surface area contributed by atoms with Crippen LogP contribution in [0.3, 0.4) is 0 Å². The summed E-state index contributed by atoms with van der Waals surface area (Å²) < 4.78 is 71.1. The Morgan fingerprint density at radius 1 is 1.13 bits per heavy atom. The number of rotatable bonds is 3. The van der Waals surface area contributed by atoms with Gasteiger partial charge in [-0.2, -0.15) is 22.0 Å².